The fourth-order valence-electron chi connectivity index (χ4n) is 3.10. The average Bonchev–Trinajstić information content (AvgIpc) is 3.34. The molecule has 0 N–H and O–H groups in total. The molecular weight excluding hydrogens is 332 g/mol. The third-order valence-corrected chi connectivity index (χ3v) is 5.37. The van der Waals surface area contributed by atoms with Crippen LogP contribution in [-0.4, -0.2) is 46.5 Å². The SMILES string of the molecule is Cc1ccc(-n2ccnc2N2CCN(C(=O)c3cccs3)CC2)cc1. The van der Waals surface area contributed by atoms with E-state index < -0.39 is 0 Å². The van der Waals surface area contributed by atoms with Gasteiger partial charge in [0.1, 0.15) is 0 Å². The van der Waals surface area contributed by atoms with Gasteiger partial charge < -0.3 is 9.80 Å². The standard InChI is InChI=1S/C19H20N4OS/c1-15-4-6-16(7-5-15)23-9-8-20-19(23)22-12-10-21(11-13-22)18(24)17-3-2-14-25-17/h2-9,14H,10-13H2,1H3. The molecule has 4 rings (SSSR count). The van der Waals surface area contributed by atoms with Gasteiger partial charge in [-0.05, 0) is 30.5 Å². The molecule has 1 amide bonds. The van der Waals surface area contributed by atoms with Crippen molar-refractivity contribution < 1.29 is 4.79 Å². The van der Waals surface area contributed by atoms with E-state index in [1.165, 1.54) is 16.9 Å². The number of anilines is 1. The van der Waals surface area contributed by atoms with E-state index in [2.05, 4.69) is 45.6 Å². The molecule has 1 aliphatic rings. The fourth-order valence-corrected chi connectivity index (χ4v) is 3.79. The average molecular weight is 352 g/mol. The van der Waals surface area contributed by atoms with Crippen LogP contribution < -0.4 is 4.90 Å². The highest BCUT2D eigenvalue weighted by molar-refractivity contribution is 7.12. The first kappa shape index (κ1) is 15.9. The first-order chi connectivity index (χ1) is 12.2. The Morgan fingerprint density at radius 1 is 1.08 bits per heavy atom. The monoisotopic (exact) mass is 352 g/mol. The molecule has 1 aliphatic heterocycles. The number of rotatable bonds is 3. The van der Waals surface area contributed by atoms with E-state index >= 15 is 0 Å². The second kappa shape index (κ2) is 6.72. The molecule has 6 heteroatoms. The number of hydrogen-bond acceptors (Lipinski definition) is 4. The Morgan fingerprint density at radius 2 is 1.84 bits per heavy atom. The van der Waals surface area contributed by atoms with Crippen LogP contribution in [0.15, 0.2) is 54.2 Å². The molecule has 25 heavy (non-hydrogen) atoms. The zero-order valence-electron chi connectivity index (χ0n) is 14.1. The van der Waals surface area contributed by atoms with Crippen molar-refractivity contribution in [3.8, 4) is 5.69 Å². The molecule has 1 saturated heterocycles. The van der Waals surface area contributed by atoms with Crippen molar-refractivity contribution in [2.75, 3.05) is 31.1 Å². The van der Waals surface area contributed by atoms with Crippen molar-refractivity contribution in [2.45, 2.75) is 6.92 Å². The number of benzene rings is 1. The predicted octanol–water partition coefficient (Wildman–Crippen LogP) is 3.20. The number of aromatic nitrogens is 2. The smallest absolute Gasteiger partial charge is 0.264 e. The Labute approximate surface area is 151 Å². The summed E-state index contributed by atoms with van der Waals surface area (Å²) in [5, 5.41) is 1.95. The molecule has 0 aliphatic carbocycles. The number of aryl methyl sites for hydroxylation is 1. The first-order valence-corrected chi connectivity index (χ1v) is 9.28. The number of imidazole rings is 1. The van der Waals surface area contributed by atoms with Crippen LogP contribution in [0.3, 0.4) is 0 Å². The van der Waals surface area contributed by atoms with Crippen LogP contribution in [0, 0.1) is 6.92 Å². The van der Waals surface area contributed by atoms with Gasteiger partial charge in [-0.15, -0.1) is 11.3 Å². The topological polar surface area (TPSA) is 41.4 Å². The van der Waals surface area contributed by atoms with Crippen LogP contribution in [0.25, 0.3) is 5.69 Å². The van der Waals surface area contributed by atoms with Gasteiger partial charge in [0.2, 0.25) is 5.95 Å². The molecule has 5 nitrogen and oxygen atoms in total. The minimum atomic E-state index is 0.136. The van der Waals surface area contributed by atoms with E-state index in [-0.39, 0.29) is 5.91 Å². The van der Waals surface area contributed by atoms with Crippen molar-refractivity contribution in [3.05, 3.63) is 64.6 Å². The molecule has 3 aromatic rings. The highest BCUT2D eigenvalue weighted by atomic mass is 32.1. The first-order valence-electron chi connectivity index (χ1n) is 8.40. The van der Waals surface area contributed by atoms with Gasteiger partial charge in [-0.25, -0.2) is 4.98 Å². The molecule has 0 spiro atoms. The lowest BCUT2D eigenvalue weighted by molar-refractivity contribution is 0.0751. The van der Waals surface area contributed by atoms with Gasteiger partial charge in [-0.3, -0.25) is 9.36 Å². The van der Waals surface area contributed by atoms with Gasteiger partial charge in [-0.2, -0.15) is 0 Å². The van der Waals surface area contributed by atoms with Crippen molar-refractivity contribution in [1.82, 2.24) is 14.5 Å². The maximum absolute atomic E-state index is 12.5. The molecular formula is C19H20N4OS. The van der Waals surface area contributed by atoms with Crippen LogP contribution in [0.1, 0.15) is 15.2 Å². The van der Waals surface area contributed by atoms with Gasteiger partial charge in [0, 0.05) is 44.3 Å². The number of hydrogen-bond donors (Lipinski definition) is 0. The number of piperazine rings is 1. The Kier molecular flexibility index (Phi) is 4.28. The highest BCUT2D eigenvalue weighted by Crippen LogP contribution is 2.21. The molecule has 0 unspecified atom stereocenters. The molecule has 1 fully saturated rings. The van der Waals surface area contributed by atoms with Crippen molar-refractivity contribution >= 4 is 23.2 Å². The number of carbonyl (C=O) groups excluding carboxylic acids is 1. The zero-order chi connectivity index (χ0) is 17.2. The van der Waals surface area contributed by atoms with Gasteiger partial charge in [-0.1, -0.05) is 23.8 Å². The van der Waals surface area contributed by atoms with E-state index in [0.717, 1.165) is 42.7 Å². The number of thiophene rings is 1. The molecule has 0 radical (unpaired) electrons. The van der Waals surface area contributed by atoms with Crippen LogP contribution in [0.4, 0.5) is 5.95 Å². The zero-order valence-corrected chi connectivity index (χ0v) is 14.9. The van der Waals surface area contributed by atoms with Crippen LogP contribution >= 0.6 is 11.3 Å². The molecule has 1 aromatic carbocycles. The number of nitrogens with zero attached hydrogens (tertiary/aromatic N) is 4. The van der Waals surface area contributed by atoms with E-state index in [1.807, 2.05) is 34.8 Å². The third-order valence-electron chi connectivity index (χ3n) is 4.52. The van der Waals surface area contributed by atoms with Gasteiger partial charge in [0.05, 0.1) is 4.88 Å². The maximum atomic E-state index is 12.5. The molecule has 3 heterocycles. The number of carbonyl (C=O) groups is 1. The Morgan fingerprint density at radius 3 is 2.52 bits per heavy atom. The number of amides is 1. The summed E-state index contributed by atoms with van der Waals surface area (Å²) in [6.07, 6.45) is 3.82. The summed E-state index contributed by atoms with van der Waals surface area (Å²) < 4.78 is 2.11. The fraction of sp³-hybridized carbons (Fsp3) is 0.263. The molecule has 0 saturated carbocycles. The van der Waals surface area contributed by atoms with E-state index in [4.69, 9.17) is 0 Å². The van der Waals surface area contributed by atoms with Gasteiger partial charge in [0.25, 0.3) is 5.91 Å². The minimum Gasteiger partial charge on any atom is -0.338 e. The molecule has 2 aromatic heterocycles. The lowest BCUT2D eigenvalue weighted by Crippen LogP contribution is -2.49. The minimum absolute atomic E-state index is 0.136. The quantitative estimate of drug-likeness (QED) is 0.727. The molecule has 0 bridgehead atoms. The second-order valence-electron chi connectivity index (χ2n) is 6.19. The van der Waals surface area contributed by atoms with Crippen LogP contribution in [-0.2, 0) is 0 Å². The third kappa shape index (κ3) is 3.17. The summed E-state index contributed by atoms with van der Waals surface area (Å²) in [5.41, 5.74) is 2.35. The second-order valence-corrected chi connectivity index (χ2v) is 7.14. The van der Waals surface area contributed by atoms with Gasteiger partial charge in [0.15, 0.2) is 0 Å². The van der Waals surface area contributed by atoms with Crippen LogP contribution in [0.5, 0.6) is 0 Å². The highest BCUT2D eigenvalue weighted by Gasteiger charge is 2.24. The lowest BCUT2D eigenvalue weighted by Gasteiger charge is -2.35. The van der Waals surface area contributed by atoms with E-state index in [9.17, 15) is 4.79 Å². The summed E-state index contributed by atoms with van der Waals surface area (Å²) >= 11 is 1.50. The predicted molar refractivity (Wildman–Crippen MR) is 101 cm³/mol. The van der Waals surface area contributed by atoms with Gasteiger partial charge >= 0.3 is 0 Å². The summed E-state index contributed by atoms with van der Waals surface area (Å²) in [6, 6.07) is 12.2. The summed E-state index contributed by atoms with van der Waals surface area (Å²) in [4.78, 5) is 22.0. The van der Waals surface area contributed by atoms with Crippen molar-refractivity contribution in [2.24, 2.45) is 0 Å². The van der Waals surface area contributed by atoms with Crippen LogP contribution in [0.2, 0.25) is 0 Å². The van der Waals surface area contributed by atoms with E-state index in [1.54, 1.807) is 0 Å². The Hall–Kier alpha value is -2.60. The molecule has 128 valence electrons. The lowest BCUT2D eigenvalue weighted by atomic mass is 10.2. The van der Waals surface area contributed by atoms with E-state index in [0.29, 0.717) is 0 Å². The normalized spacial score (nSPS) is 14.8. The Balaban J connectivity index is 1.48. The summed E-state index contributed by atoms with van der Waals surface area (Å²) in [5.74, 6) is 1.07. The summed E-state index contributed by atoms with van der Waals surface area (Å²) in [6.45, 7) is 5.11. The largest absolute Gasteiger partial charge is 0.338 e. The van der Waals surface area contributed by atoms with Crippen molar-refractivity contribution in [1.29, 1.82) is 0 Å². The maximum Gasteiger partial charge on any atom is 0.264 e. The Bertz CT molecular complexity index is 846. The van der Waals surface area contributed by atoms with Crippen molar-refractivity contribution in [3.63, 3.8) is 0 Å². The molecule has 0 atom stereocenters. The summed E-state index contributed by atoms with van der Waals surface area (Å²) in [7, 11) is 0.